The molecule has 0 aliphatic carbocycles. The van der Waals surface area contributed by atoms with Gasteiger partial charge in [-0.3, -0.25) is 9.59 Å². The van der Waals surface area contributed by atoms with Crippen molar-refractivity contribution >= 4 is 17.5 Å². The molecule has 1 fully saturated rings. The molecule has 2 amide bonds. The molecule has 0 unspecified atom stereocenters. The number of methoxy groups -OCH3 is 1. The molecule has 1 N–H and O–H groups in total. The average molecular weight is 304 g/mol. The van der Waals surface area contributed by atoms with Crippen LogP contribution in [0.3, 0.4) is 0 Å². The van der Waals surface area contributed by atoms with Crippen LogP contribution in [-0.4, -0.2) is 43.5 Å². The lowest BCUT2D eigenvalue weighted by atomic mass is 9.91. The number of anilines is 1. The smallest absolute Gasteiger partial charge is 0.255 e. The number of para-hydroxylation sites is 1. The van der Waals surface area contributed by atoms with Gasteiger partial charge in [-0.15, -0.1) is 0 Å². The Hall–Kier alpha value is -1.88. The van der Waals surface area contributed by atoms with E-state index in [2.05, 4.69) is 19.2 Å². The first kappa shape index (κ1) is 16.5. The summed E-state index contributed by atoms with van der Waals surface area (Å²) in [5.41, 5.74) is 1.08. The van der Waals surface area contributed by atoms with Crippen LogP contribution >= 0.6 is 0 Å². The van der Waals surface area contributed by atoms with E-state index < -0.39 is 0 Å². The molecule has 1 aliphatic rings. The first-order chi connectivity index (χ1) is 10.5. The number of ether oxygens (including phenoxy) is 1. The molecule has 2 atom stereocenters. The van der Waals surface area contributed by atoms with E-state index >= 15 is 0 Å². The van der Waals surface area contributed by atoms with Crippen LogP contribution in [0.4, 0.5) is 5.69 Å². The summed E-state index contributed by atoms with van der Waals surface area (Å²) in [5, 5.41) is 2.74. The first-order valence-corrected chi connectivity index (χ1v) is 7.68. The monoisotopic (exact) mass is 304 g/mol. The number of nitrogens with one attached hydrogen (secondary N) is 1. The molecule has 2 rings (SSSR count). The van der Waals surface area contributed by atoms with E-state index in [1.807, 2.05) is 11.0 Å². The number of benzene rings is 1. The molecular formula is C17H24N2O3. The van der Waals surface area contributed by atoms with Crippen LogP contribution in [-0.2, 0) is 9.53 Å². The van der Waals surface area contributed by atoms with Gasteiger partial charge in [0, 0.05) is 20.2 Å². The minimum Gasteiger partial charge on any atom is -0.375 e. The number of hydrogen-bond donors (Lipinski definition) is 1. The number of carbonyl (C=O) groups excluding carboxylic acids is 2. The topological polar surface area (TPSA) is 58.6 Å². The third-order valence-corrected chi connectivity index (χ3v) is 3.86. The fourth-order valence-corrected chi connectivity index (χ4v) is 3.10. The van der Waals surface area contributed by atoms with Gasteiger partial charge in [0.2, 0.25) is 5.91 Å². The Labute approximate surface area is 131 Å². The molecule has 0 bridgehead atoms. The molecule has 5 heteroatoms. The van der Waals surface area contributed by atoms with E-state index in [0.29, 0.717) is 23.1 Å². The van der Waals surface area contributed by atoms with Crippen LogP contribution in [0.15, 0.2) is 24.3 Å². The summed E-state index contributed by atoms with van der Waals surface area (Å²) in [6, 6.07) is 7.13. The Balaban J connectivity index is 2.17. The molecule has 0 saturated carbocycles. The van der Waals surface area contributed by atoms with Crippen molar-refractivity contribution in [1.29, 1.82) is 0 Å². The molecule has 1 aromatic carbocycles. The van der Waals surface area contributed by atoms with Gasteiger partial charge in [0.25, 0.3) is 5.91 Å². The Morgan fingerprint density at radius 1 is 1.23 bits per heavy atom. The minimum atomic E-state index is -0.261. The van der Waals surface area contributed by atoms with Crippen molar-refractivity contribution < 1.29 is 14.3 Å². The molecule has 5 nitrogen and oxygen atoms in total. The lowest BCUT2D eigenvalue weighted by molar-refractivity contribution is -0.119. The quantitative estimate of drug-likeness (QED) is 0.929. The Morgan fingerprint density at radius 3 is 2.50 bits per heavy atom. The summed E-state index contributed by atoms with van der Waals surface area (Å²) in [7, 11) is 1.47. The molecule has 1 saturated heterocycles. The SMILES string of the molecule is COCC(=O)Nc1ccccc1C(=O)N1C[C@@H](C)C[C@H](C)C1. The van der Waals surface area contributed by atoms with Crippen LogP contribution in [0.25, 0.3) is 0 Å². The molecule has 1 aliphatic heterocycles. The largest absolute Gasteiger partial charge is 0.375 e. The first-order valence-electron chi connectivity index (χ1n) is 7.68. The van der Waals surface area contributed by atoms with Crippen molar-refractivity contribution in [2.24, 2.45) is 11.8 Å². The maximum Gasteiger partial charge on any atom is 0.255 e. The molecule has 0 spiro atoms. The molecular weight excluding hydrogens is 280 g/mol. The highest BCUT2D eigenvalue weighted by Crippen LogP contribution is 2.24. The summed E-state index contributed by atoms with van der Waals surface area (Å²) >= 11 is 0. The van der Waals surface area contributed by atoms with Crippen molar-refractivity contribution in [2.75, 3.05) is 32.1 Å². The van der Waals surface area contributed by atoms with Gasteiger partial charge in [-0.2, -0.15) is 0 Å². The van der Waals surface area contributed by atoms with Crippen molar-refractivity contribution in [3.63, 3.8) is 0 Å². The third kappa shape index (κ3) is 4.07. The number of hydrogen-bond acceptors (Lipinski definition) is 3. The van der Waals surface area contributed by atoms with Crippen molar-refractivity contribution in [3.8, 4) is 0 Å². The second kappa shape index (κ2) is 7.40. The van der Waals surface area contributed by atoms with Gasteiger partial charge in [0.15, 0.2) is 0 Å². The molecule has 0 radical (unpaired) electrons. The van der Waals surface area contributed by atoms with E-state index in [0.717, 1.165) is 19.5 Å². The molecule has 1 heterocycles. The van der Waals surface area contributed by atoms with Crippen molar-refractivity contribution in [1.82, 2.24) is 4.90 Å². The standard InChI is InChI=1S/C17H24N2O3/c1-12-8-13(2)10-19(9-12)17(21)14-6-4-5-7-15(14)18-16(20)11-22-3/h4-7,12-13H,8-11H2,1-3H3,(H,18,20)/t12-,13-/m0/s1. The fraction of sp³-hybridized carbons (Fsp3) is 0.529. The lowest BCUT2D eigenvalue weighted by Gasteiger charge is -2.35. The highest BCUT2D eigenvalue weighted by Gasteiger charge is 2.27. The average Bonchev–Trinajstić information content (AvgIpc) is 2.46. The normalized spacial score (nSPS) is 21.5. The molecule has 22 heavy (non-hydrogen) atoms. The van der Waals surface area contributed by atoms with Crippen molar-refractivity contribution in [3.05, 3.63) is 29.8 Å². The summed E-state index contributed by atoms with van der Waals surface area (Å²) in [6.45, 7) is 5.85. The van der Waals surface area contributed by atoms with Gasteiger partial charge in [-0.1, -0.05) is 26.0 Å². The number of carbonyl (C=O) groups is 2. The highest BCUT2D eigenvalue weighted by molar-refractivity contribution is 6.04. The fourth-order valence-electron chi connectivity index (χ4n) is 3.10. The van der Waals surface area contributed by atoms with Crippen LogP contribution < -0.4 is 5.32 Å². The maximum atomic E-state index is 12.8. The van der Waals surface area contributed by atoms with Gasteiger partial charge in [-0.05, 0) is 30.4 Å². The van der Waals surface area contributed by atoms with Gasteiger partial charge >= 0.3 is 0 Å². The van der Waals surface area contributed by atoms with Crippen LogP contribution in [0.5, 0.6) is 0 Å². The highest BCUT2D eigenvalue weighted by atomic mass is 16.5. The minimum absolute atomic E-state index is 0.0216. The third-order valence-electron chi connectivity index (χ3n) is 3.86. The van der Waals surface area contributed by atoms with Crippen LogP contribution in [0, 0.1) is 11.8 Å². The zero-order valence-electron chi connectivity index (χ0n) is 13.5. The zero-order valence-corrected chi connectivity index (χ0v) is 13.5. The number of piperidine rings is 1. The molecule has 1 aromatic rings. The second-order valence-electron chi connectivity index (χ2n) is 6.18. The molecule has 0 aromatic heterocycles. The Morgan fingerprint density at radius 2 is 1.86 bits per heavy atom. The Kier molecular flexibility index (Phi) is 5.55. The number of rotatable bonds is 4. The second-order valence-corrected chi connectivity index (χ2v) is 6.18. The number of likely N-dealkylation sites (tertiary alicyclic amines) is 1. The summed E-state index contributed by atoms with van der Waals surface area (Å²) in [6.07, 6.45) is 1.15. The number of amides is 2. The zero-order chi connectivity index (χ0) is 16.1. The predicted octanol–water partition coefficient (Wildman–Crippen LogP) is 2.39. The summed E-state index contributed by atoms with van der Waals surface area (Å²) in [4.78, 5) is 26.4. The van der Waals surface area contributed by atoms with Crippen molar-refractivity contribution in [2.45, 2.75) is 20.3 Å². The van der Waals surface area contributed by atoms with E-state index in [-0.39, 0.29) is 18.4 Å². The van der Waals surface area contributed by atoms with E-state index in [1.165, 1.54) is 7.11 Å². The summed E-state index contributed by atoms with van der Waals surface area (Å²) < 4.78 is 4.81. The van der Waals surface area contributed by atoms with E-state index in [9.17, 15) is 9.59 Å². The van der Waals surface area contributed by atoms with Gasteiger partial charge in [0.05, 0.1) is 11.3 Å². The summed E-state index contributed by atoms with van der Waals surface area (Å²) in [5.74, 6) is 0.723. The lowest BCUT2D eigenvalue weighted by Crippen LogP contribution is -2.42. The predicted molar refractivity (Wildman–Crippen MR) is 85.8 cm³/mol. The van der Waals surface area contributed by atoms with Crippen LogP contribution in [0.1, 0.15) is 30.6 Å². The Bertz CT molecular complexity index is 534. The van der Waals surface area contributed by atoms with E-state index in [1.54, 1.807) is 18.2 Å². The van der Waals surface area contributed by atoms with Gasteiger partial charge in [0.1, 0.15) is 6.61 Å². The van der Waals surface area contributed by atoms with Gasteiger partial charge in [-0.25, -0.2) is 0 Å². The maximum absolute atomic E-state index is 12.8. The number of nitrogens with zero attached hydrogens (tertiary/aromatic N) is 1. The van der Waals surface area contributed by atoms with Gasteiger partial charge < -0.3 is 15.0 Å². The van der Waals surface area contributed by atoms with E-state index in [4.69, 9.17) is 4.74 Å². The van der Waals surface area contributed by atoms with Crippen LogP contribution in [0.2, 0.25) is 0 Å². The molecule has 120 valence electrons.